The molecule has 0 spiro atoms. The number of benzene rings is 2. The zero-order valence-electron chi connectivity index (χ0n) is 21.5. The van der Waals surface area contributed by atoms with Crippen LogP contribution in [0, 0.1) is 18.3 Å². The monoisotopic (exact) mass is 521 g/mol. The number of nitrogens with two attached hydrogens (primary N) is 1. The number of nitriles is 1. The van der Waals surface area contributed by atoms with Crippen molar-refractivity contribution in [3.63, 3.8) is 0 Å². The van der Waals surface area contributed by atoms with Gasteiger partial charge in [0, 0.05) is 49.4 Å². The van der Waals surface area contributed by atoms with E-state index < -0.39 is 11.7 Å². The van der Waals surface area contributed by atoms with Crippen LogP contribution in [0.5, 0.6) is 11.6 Å². The summed E-state index contributed by atoms with van der Waals surface area (Å²) in [6.07, 6.45) is 3.26. The second kappa shape index (κ2) is 9.79. The van der Waals surface area contributed by atoms with E-state index in [0.717, 1.165) is 27.9 Å². The predicted molar refractivity (Wildman–Crippen MR) is 148 cm³/mol. The largest absolute Gasteiger partial charge is 0.438 e. The van der Waals surface area contributed by atoms with Gasteiger partial charge in [0.2, 0.25) is 5.88 Å². The smallest absolute Gasteiger partial charge is 0.283 e. The van der Waals surface area contributed by atoms with Crippen molar-refractivity contribution in [2.24, 2.45) is 14.1 Å². The highest BCUT2D eigenvalue weighted by Crippen LogP contribution is 2.44. The van der Waals surface area contributed by atoms with Gasteiger partial charge < -0.3 is 20.4 Å². The molecular weight excluding hydrogens is 497 g/mol. The lowest BCUT2D eigenvalue weighted by molar-refractivity contribution is -0.114. The Morgan fingerprint density at radius 3 is 2.54 bits per heavy atom. The summed E-state index contributed by atoms with van der Waals surface area (Å²) in [5.74, 6) is -0.609. The van der Waals surface area contributed by atoms with E-state index in [1.54, 1.807) is 29.1 Å². The van der Waals surface area contributed by atoms with Crippen LogP contribution in [-0.4, -0.2) is 25.2 Å². The van der Waals surface area contributed by atoms with Crippen molar-refractivity contribution in [3.05, 3.63) is 84.5 Å². The van der Waals surface area contributed by atoms with Crippen molar-refractivity contribution >= 4 is 28.3 Å². The van der Waals surface area contributed by atoms with E-state index in [-0.39, 0.29) is 5.82 Å². The lowest BCUT2D eigenvalue weighted by Crippen LogP contribution is -2.11. The van der Waals surface area contributed by atoms with Crippen LogP contribution in [0.1, 0.15) is 11.1 Å². The van der Waals surface area contributed by atoms with E-state index in [4.69, 9.17) is 10.5 Å². The second-order valence-electron chi connectivity index (χ2n) is 9.02. The molecular formula is C29H24FN7O2. The number of aryl methyl sites for hydroxylation is 3. The molecule has 3 aromatic heterocycles. The van der Waals surface area contributed by atoms with Gasteiger partial charge in [0.25, 0.3) is 5.91 Å². The van der Waals surface area contributed by atoms with Gasteiger partial charge >= 0.3 is 0 Å². The first kappa shape index (κ1) is 25.2. The molecule has 3 N–H and O–H groups in total. The van der Waals surface area contributed by atoms with Gasteiger partial charge in [0.1, 0.15) is 17.6 Å². The molecule has 0 fully saturated rings. The molecule has 5 rings (SSSR count). The van der Waals surface area contributed by atoms with Crippen molar-refractivity contribution in [3.8, 4) is 40.1 Å². The normalized spacial score (nSPS) is 10.8. The Morgan fingerprint density at radius 2 is 1.92 bits per heavy atom. The predicted octanol–water partition coefficient (Wildman–Crippen LogP) is 5.62. The molecule has 0 unspecified atom stereocenters. The van der Waals surface area contributed by atoms with Crippen molar-refractivity contribution in [2.75, 3.05) is 11.1 Å². The molecule has 10 heteroatoms. The van der Waals surface area contributed by atoms with E-state index in [1.807, 2.05) is 55.9 Å². The van der Waals surface area contributed by atoms with Gasteiger partial charge in [0.05, 0.1) is 22.2 Å². The fourth-order valence-electron chi connectivity index (χ4n) is 4.65. The summed E-state index contributed by atoms with van der Waals surface area (Å²) in [5, 5.41) is 17.2. The molecule has 0 atom stereocenters. The number of anilines is 2. The summed E-state index contributed by atoms with van der Waals surface area (Å²) in [4.78, 5) is 16.1. The number of hydrogen-bond acceptors (Lipinski definition) is 6. The maximum atomic E-state index is 13.2. The van der Waals surface area contributed by atoms with E-state index in [0.29, 0.717) is 33.8 Å². The molecule has 1 amide bonds. The number of nitrogens with zero attached hydrogens (tertiary/aromatic N) is 5. The Bertz CT molecular complexity index is 1810. The number of carbonyl (C=O) groups excluding carboxylic acids is 1. The number of aromatic nitrogens is 4. The third-order valence-electron chi connectivity index (χ3n) is 6.40. The Labute approximate surface area is 223 Å². The minimum atomic E-state index is -1.07. The first-order valence-corrected chi connectivity index (χ1v) is 11.9. The fourth-order valence-corrected chi connectivity index (χ4v) is 4.65. The number of rotatable bonds is 6. The molecule has 0 saturated heterocycles. The molecule has 0 aliphatic heterocycles. The lowest BCUT2D eigenvalue weighted by atomic mass is 9.95. The topological polar surface area (TPSA) is 124 Å². The maximum Gasteiger partial charge on any atom is 0.283 e. The van der Waals surface area contributed by atoms with Gasteiger partial charge in [-0.2, -0.15) is 5.26 Å². The average Bonchev–Trinajstić information content (AvgIpc) is 3.45. The van der Waals surface area contributed by atoms with Crippen molar-refractivity contribution in [1.29, 1.82) is 5.26 Å². The molecule has 0 saturated carbocycles. The number of fused-ring (bicyclic) bond motifs is 1. The van der Waals surface area contributed by atoms with Crippen LogP contribution in [0.4, 0.5) is 15.9 Å². The number of nitrogens with one attached hydrogen (secondary N) is 1. The molecule has 0 aliphatic carbocycles. The van der Waals surface area contributed by atoms with E-state index in [1.165, 1.54) is 6.20 Å². The first-order chi connectivity index (χ1) is 18.7. The second-order valence-corrected chi connectivity index (χ2v) is 9.02. The van der Waals surface area contributed by atoms with Crippen LogP contribution in [-0.2, 0) is 18.9 Å². The SMILES string of the molecule is C=C(F)C(=O)Nc1ccc(-c2c(-c3ccc(Oc4ccn(C)n4)cc3)c3c(N)ncc(C#N)c3n2C)c(C)c1. The Hall–Kier alpha value is -5.43. The van der Waals surface area contributed by atoms with Crippen molar-refractivity contribution in [1.82, 2.24) is 19.3 Å². The highest BCUT2D eigenvalue weighted by molar-refractivity contribution is 6.11. The zero-order chi connectivity index (χ0) is 27.8. The van der Waals surface area contributed by atoms with E-state index in [2.05, 4.69) is 28.0 Å². The van der Waals surface area contributed by atoms with Gasteiger partial charge in [0.15, 0.2) is 5.83 Å². The molecule has 9 nitrogen and oxygen atoms in total. The number of hydrogen-bond donors (Lipinski definition) is 2. The molecule has 5 aromatic rings. The number of pyridine rings is 1. The summed E-state index contributed by atoms with van der Waals surface area (Å²) in [5.41, 5.74) is 11.9. The van der Waals surface area contributed by atoms with Crippen LogP contribution >= 0.6 is 0 Å². The Kier molecular flexibility index (Phi) is 6.34. The third-order valence-corrected chi connectivity index (χ3v) is 6.40. The molecule has 194 valence electrons. The van der Waals surface area contributed by atoms with Gasteiger partial charge in [-0.05, 0) is 42.3 Å². The van der Waals surface area contributed by atoms with Crippen molar-refractivity contribution in [2.45, 2.75) is 6.92 Å². The van der Waals surface area contributed by atoms with Crippen LogP contribution < -0.4 is 15.8 Å². The molecule has 3 heterocycles. The molecule has 2 aromatic carbocycles. The molecule has 0 radical (unpaired) electrons. The van der Waals surface area contributed by atoms with Gasteiger partial charge in [-0.1, -0.05) is 24.8 Å². The van der Waals surface area contributed by atoms with Crippen LogP contribution in [0.15, 0.2) is 73.3 Å². The summed E-state index contributed by atoms with van der Waals surface area (Å²) < 4.78 is 22.7. The zero-order valence-corrected chi connectivity index (χ0v) is 21.5. The minimum Gasteiger partial charge on any atom is -0.438 e. The Balaban J connectivity index is 1.68. The minimum absolute atomic E-state index is 0.289. The highest BCUT2D eigenvalue weighted by atomic mass is 19.1. The first-order valence-electron chi connectivity index (χ1n) is 11.9. The number of carbonyl (C=O) groups is 1. The summed E-state index contributed by atoms with van der Waals surface area (Å²) in [6, 6.07) is 16.7. The molecule has 39 heavy (non-hydrogen) atoms. The number of amides is 1. The van der Waals surface area contributed by atoms with E-state index >= 15 is 0 Å². The lowest BCUT2D eigenvalue weighted by Gasteiger charge is -2.14. The Morgan fingerprint density at radius 1 is 1.18 bits per heavy atom. The van der Waals surface area contributed by atoms with Gasteiger partial charge in [-0.15, -0.1) is 5.10 Å². The highest BCUT2D eigenvalue weighted by Gasteiger charge is 2.24. The molecule has 0 bridgehead atoms. The quantitative estimate of drug-likeness (QED) is 0.280. The van der Waals surface area contributed by atoms with Crippen LogP contribution in [0.2, 0.25) is 0 Å². The number of nitrogen functional groups attached to an aromatic ring is 1. The summed E-state index contributed by atoms with van der Waals surface area (Å²) in [6.45, 7) is 4.92. The van der Waals surface area contributed by atoms with Gasteiger partial charge in [-0.25, -0.2) is 9.37 Å². The average molecular weight is 522 g/mol. The third kappa shape index (κ3) is 4.57. The number of halogens is 1. The standard InChI is InChI=1S/C29H24FN7O2/c1-16-13-20(34-29(38)17(2)30)7-10-22(16)27-24(25-26(37(27)4)19(14-31)15-33-28(25)32)18-5-8-21(9-6-18)39-23-11-12-36(3)35-23/h5-13,15H,2H2,1,3-4H3,(H2,32,33)(H,34,38). The van der Waals surface area contributed by atoms with Crippen LogP contribution in [0.25, 0.3) is 33.3 Å². The van der Waals surface area contributed by atoms with Gasteiger partial charge in [-0.3, -0.25) is 9.48 Å². The number of ether oxygens (including phenoxy) is 1. The summed E-state index contributed by atoms with van der Waals surface area (Å²) in [7, 11) is 3.67. The van der Waals surface area contributed by atoms with Crippen LogP contribution in [0.3, 0.4) is 0 Å². The fraction of sp³-hybridized carbons (Fsp3) is 0.103. The maximum absolute atomic E-state index is 13.2. The summed E-state index contributed by atoms with van der Waals surface area (Å²) >= 11 is 0. The molecule has 0 aliphatic rings. The van der Waals surface area contributed by atoms with E-state index in [9.17, 15) is 14.4 Å². The van der Waals surface area contributed by atoms with Crippen molar-refractivity contribution < 1.29 is 13.9 Å².